The van der Waals surface area contributed by atoms with E-state index in [-0.39, 0.29) is 5.91 Å². The molecule has 0 spiro atoms. The van der Waals surface area contributed by atoms with Crippen LogP contribution in [0, 0.1) is 5.41 Å². The van der Waals surface area contributed by atoms with Crippen molar-refractivity contribution in [2.45, 2.75) is 90.0 Å². The first-order valence-electron chi connectivity index (χ1n) is 15.9. The third-order valence-electron chi connectivity index (χ3n) is 10.6. The van der Waals surface area contributed by atoms with E-state index in [0.29, 0.717) is 23.5 Å². The first-order chi connectivity index (χ1) is 19.8. The summed E-state index contributed by atoms with van der Waals surface area (Å²) in [6, 6.07) is 16.8. The summed E-state index contributed by atoms with van der Waals surface area (Å²) in [5.74, 6) is 0.240. The minimum absolute atomic E-state index is 0.240. The van der Waals surface area contributed by atoms with Gasteiger partial charge in [-0.25, -0.2) is 0 Å². The molecule has 1 amide bonds. The van der Waals surface area contributed by atoms with Gasteiger partial charge in [0.15, 0.2) is 0 Å². The van der Waals surface area contributed by atoms with E-state index >= 15 is 0 Å². The molecule has 2 aromatic rings. The fraction of sp³-hybridized carbons (Fsp3) is 0.571. The van der Waals surface area contributed by atoms with Crippen LogP contribution < -0.4 is 5.32 Å². The number of likely N-dealkylation sites (tertiary alicyclic amines) is 1. The van der Waals surface area contributed by atoms with E-state index in [9.17, 15) is 4.79 Å². The minimum Gasteiger partial charge on any atom is -0.330 e. The molecular weight excluding hydrogens is 528 g/mol. The lowest BCUT2D eigenvalue weighted by Gasteiger charge is -2.43. The summed E-state index contributed by atoms with van der Waals surface area (Å²) in [5, 5.41) is 4.28. The highest BCUT2D eigenvalue weighted by molar-refractivity contribution is 6.30. The molecule has 1 N–H and O–H groups in total. The number of benzene rings is 2. The van der Waals surface area contributed by atoms with Crippen LogP contribution in [0.5, 0.6) is 0 Å². The number of nitrogens with zero attached hydrogens (tertiary/aromatic N) is 3. The third-order valence-corrected chi connectivity index (χ3v) is 10.8. The number of carbonyl (C=O) groups is 1. The molecule has 2 aromatic carbocycles. The second-order valence-corrected chi connectivity index (χ2v) is 14.5. The Labute approximate surface area is 250 Å². The standard InChI is InChI=1S/C35H45ClN4O/c1-35(2)14-13-27(33(17-35)25-7-9-28(36)10-8-25)20-38-22-30-11-12-31(23-38)39(30)19-24-5-6-26-21-40(34(41)32(26)16-24)29-4-3-15-37-18-29/h5-10,16,29-31,37H,3-4,11-15,17-23H2,1-2H3. The number of hydrogen-bond acceptors (Lipinski definition) is 4. The number of piperazine rings is 1. The molecule has 5 nitrogen and oxygen atoms in total. The molecule has 3 fully saturated rings. The molecule has 0 aromatic heterocycles. The summed E-state index contributed by atoms with van der Waals surface area (Å²) in [6.07, 6.45) is 8.43. The number of rotatable bonds is 6. The average molecular weight is 573 g/mol. The van der Waals surface area contributed by atoms with E-state index < -0.39 is 0 Å². The van der Waals surface area contributed by atoms with Gasteiger partial charge in [0.2, 0.25) is 0 Å². The van der Waals surface area contributed by atoms with Crippen LogP contribution in [0.25, 0.3) is 5.57 Å². The zero-order valence-electron chi connectivity index (χ0n) is 24.8. The van der Waals surface area contributed by atoms with Gasteiger partial charge in [-0.05, 0) is 97.4 Å². The Hall–Kier alpha value is -2.18. The number of amides is 1. The van der Waals surface area contributed by atoms with Crippen LogP contribution in [0.1, 0.15) is 85.8 Å². The van der Waals surface area contributed by atoms with Gasteiger partial charge in [0.1, 0.15) is 0 Å². The van der Waals surface area contributed by atoms with Crippen molar-refractivity contribution in [2.24, 2.45) is 5.41 Å². The Kier molecular flexibility index (Phi) is 7.52. The smallest absolute Gasteiger partial charge is 0.254 e. The zero-order valence-corrected chi connectivity index (χ0v) is 25.6. The number of piperidine rings is 1. The summed E-state index contributed by atoms with van der Waals surface area (Å²) < 4.78 is 0. The van der Waals surface area contributed by atoms with Crippen molar-refractivity contribution >= 4 is 23.1 Å². The van der Waals surface area contributed by atoms with Gasteiger partial charge in [-0.2, -0.15) is 0 Å². The topological polar surface area (TPSA) is 38.8 Å². The van der Waals surface area contributed by atoms with Crippen LogP contribution in [0.4, 0.5) is 0 Å². The molecule has 1 aliphatic carbocycles. The van der Waals surface area contributed by atoms with Gasteiger partial charge in [0, 0.05) is 68.0 Å². The van der Waals surface area contributed by atoms with Crippen LogP contribution in [0.3, 0.4) is 0 Å². The molecule has 6 heteroatoms. The largest absolute Gasteiger partial charge is 0.330 e. The highest BCUT2D eigenvalue weighted by Gasteiger charge is 2.41. The van der Waals surface area contributed by atoms with Crippen molar-refractivity contribution < 1.29 is 4.79 Å². The summed E-state index contributed by atoms with van der Waals surface area (Å²) in [5.41, 5.74) is 8.33. The Morgan fingerprint density at radius 2 is 1.76 bits per heavy atom. The average Bonchev–Trinajstić information content (AvgIpc) is 3.41. The second kappa shape index (κ2) is 11.1. The van der Waals surface area contributed by atoms with Crippen molar-refractivity contribution in [3.05, 3.63) is 75.3 Å². The van der Waals surface area contributed by atoms with E-state index in [1.807, 2.05) is 12.1 Å². The second-order valence-electron chi connectivity index (χ2n) is 14.1. The maximum atomic E-state index is 13.4. The number of hydrogen-bond donors (Lipinski definition) is 1. The normalized spacial score (nSPS) is 28.4. The summed E-state index contributed by atoms with van der Waals surface area (Å²) in [7, 11) is 0. The predicted octanol–water partition coefficient (Wildman–Crippen LogP) is 6.36. The molecule has 7 rings (SSSR count). The summed E-state index contributed by atoms with van der Waals surface area (Å²) in [4.78, 5) is 21.0. The zero-order chi connectivity index (χ0) is 28.1. The lowest BCUT2D eigenvalue weighted by molar-refractivity contribution is 0.0652. The Balaban J connectivity index is 1.03. The van der Waals surface area contributed by atoms with Gasteiger partial charge in [0.05, 0.1) is 0 Å². The first kappa shape index (κ1) is 27.6. The van der Waals surface area contributed by atoms with Gasteiger partial charge in [0.25, 0.3) is 5.91 Å². The van der Waals surface area contributed by atoms with Gasteiger partial charge in [-0.15, -0.1) is 0 Å². The van der Waals surface area contributed by atoms with Crippen molar-refractivity contribution in [1.29, 1.82) is 0 Å². The third kappa shape index (κ3) is 5.63. The molecule has 218 valence electrons. The van der Waals surface area contributed by atoms with Crippen molar-refractivity contribution in [1.82, 2.24) is 20.0 Å². The van der Waals surface area contributed by atoms with E-state index in [2.05, 4.69) is 64.2 Å². The maximum absolute atomic E-state index is 13.4. The lowest BCUT2D eigenvalue weighted by atomic mass is 9.72. The summed E-state index contributed by atoms with van der Waals surface area (Å²) in [6.45, 7) is 11.9. The maximum Gasteiger partial charge on any atom is 0.254 e. The fourth-order valence-corrected chi connectivity index (χ4v) is 8.40. The van der Waals surface area contributed by atoms with Crippen molar-refractivity contribution in [3.63, 3.8) is 0 Å². The minimum atomic E-state index is 0.240. The number of fused-ring (bicyclic) bond motifs is 3. The van der Waals surface area contributed by atoms with Crippen LogP contribution >= 0.6 is 11.6 Å². The van der Waals surface area contributed by atoms with Gasteiger partial charge in [-0.1, -0.05) is 55.3 Å². The first-order valence-corrected chi connectivity index (χ1v) is 16.3. The predicted molar refractivity (Wildman–Crippen MR) is 167 cm³/mol. The SMILES string of the molecule is CC1(C)CCC(CN2CC3CCC(C2)N3Cc2ccc3c(c2)C(=O)N(C2CCCNC2)C3)=C(c2ccc(Cl)cc2)C1. The van der Waals surface area contributed by atoms with Crippen LogP contribution in [-0.4, -0.2) is 71.5 Å². The molecular formula is C35H45ClN4O. The number of carbonyl (C=O) groups excluding carboxylic acids is 1. The van der Waals surface area contributed by atoms with Crippen molar-refractivity contribution in [2.75, 3.05) is 32.7 Å². The Morgan fingerprint density at radius 1 is 0.976 bits per heavy atom. The molecule has 3 unspecified atom stereocenters. The molecule has 2 bridgehead atoms. The number of allylic oxidation sites excluding steroid dienone is 1. The van der Waals surface area contributed by atoms with E-state index in [0.717, 1.165) is 75.7 Å². The van der Waals surface area contributed by atoms with E-state index in [1.165, 1.54) is 42.4 Å². The van der Waals surface area contributed by atoms with E-state index in [4.69, 9.17) is 11.6 Å². The van der Waals surface area contributed by atoms with Crippen LogP contribution in [0.2, 0.25) is 5.02 Å². The van der Waals surface area contributed by atoms with Crippen LogP contribution in [-0.2, 0) is 13.1 Å². The highest BCUT2D eigenvalue weighted by Crippen LogP contribution is 2.44. The summed E-state index contributed by atoms with van der Waals surface area (Å²) >= 11 is 6.23. The van der Waals surface area contributed by atoms with Gasteiger partial charge < -0.3 is 10.2 Å². The van der Waals surface area contributed by atoms with E-state index in [1.54, 1.807) is 11.1 Å². The molecule has 3 atom stereocenters. The fourth-order valence-electron chi connectivity index (χ4n) is 8.27. The Bertz CT molecular complexity index is 1310. The van der Waals surface area contributed by atoms with Crippen LogP contribution in [0.15, 0.2) is 48.0 Å². The van der Waals surface area contributed by atoms with Crippen molar-refractivity contribution in [3.8, 4) is 0 Å². The monoisotopic (exact) mass is 572 g/mol. The number of nitrogens with one attached hydrogen (secondary N) is 1. The Morgan fingerprint density at radius 3 is 2.49 bits per heavy atom. The van der Waals surface area contributed by atoms with Gasteiger partial charge in [-0.3, -0.25) is 14.6 Å². The molecule has 0 saturated carbocycles. The lowest BCUT2D eigenvalue weighted by Crippen LogP contribution is -2.53. The number of halogens is 1. The molecule has 4 aliphatic heterocycles. The molecule has 4 heterocycles. The highest BCUT2D eigenvalue weighted by atomic mass is 35.5. The molecule has 3 saturated heterocycles. The molecule has 41 heavy (non-hydrogen) atoms. The molecule has 0 radical (unpaired) electrons. The quantitative estimate of drug-likeness (QED) is 0.437. The van der Waals surface area contributed by atoms with Gasteiger partial charge >= 0.3 is 0 Å². The molecule has 5 aliphatic rings.